The summed E-state index contributed by atoms with van der Waals surface area (Å²) in [6.07, 6.45) is 2.58. The normalized spacial score (nSPS) is 11.5. The van der Waals surface area contributed by atoms with Crippen molar-refractivity contribution in [3.8, 4) is 17.2 Å². The molecule has 150 valence electrons. The van der Waals surface area contributed by atoms with Crippen molar-refractivity contribution in [1.82, 2.24) is 0 Å². The Labute approximate surface area is 166 Å². The van der Waals surface area contributed by atoms with E-state index in [1.54, 1.807) is 25.3 Å². The average molecular weight is 384 g/mol. The van der Waals surface area contributed by atoms with Crippen LogP contribution in [-0.4, -0.2) is 31.4 Å². The Morgan fingerprint density at radius 3 is 2.25 bits per heavy atom. The third kappa shape index (κ3) is 6.05. The van der Waals surface area contributed by atoms with E-state index in [0.717, 1.165) is 17.4 Å². The summed E-state index contributed by atoms with van der Waals surface area (Å²) in [5.41, 5.74) is 3.08. The molecule has 0 aromatic heterocycles. The van der Waals surface area contributed by atoms with Crippen molar-refractivity contribution in [2.45, 2.75) is 33.1 Å². The number of carbonyl (C=O) groups is 1. The van der Waals surface area contributed by atoms with Gasteiger partial charge in [0.15, 0.2) is 11.5 Å². The van der Waals surface area contributed by atoms with Gasteiger partial charge in [-0.2, -0.15) is 0 Å². The number of carboxylic acids is 1. The lowest BCUT2D eigenvalue weighted by atomic mass is 9.85. The molecule has 2 aromatic carbocycles. The van der Waals surface area contributed by atoms with Crippen LogP contribution in [-0.2, 0) is 10.2 Å². The monoisotopic (exact) mass is 384 g/mol. The van der Waals surface area contributed by atoms with Crippen molar-refractivity contribution in [2.24, 2.45) is 0 Å². The first-order chi connectivity index (χ1) is 13.2. The van der Waals surface area contributed by atoms with Crippen molar-refractivity contribution < 1.29 is 24.1 Å². The summed E-state index contributed by atoms with van der Waals surface area (Å²) in [4.78, 5) is 10.6. The van der Waals surface area contributed by atoms with Gasteiger partial charge in [0.2, 0.25) is 0 Å². The number of hydrogen-bond donors (Lipinski definition) is 1. The predicted molar refractivity (Wildman–Crippen MR) is 111 cm³/mol. The topological polar surface area (TPSA) is 65.0 Å². The van der Waals surface area contributed by atoms with Crippen LogP contribution in [0, 0.1) is 6.92 Å². The Hall–Kier alpha value is -2.95. The van der Waals surface area contributed by atoms with Gasteiger partial charge >= 0.3 is 5.97 Å². The molecular weight excluding hydrogens is 356 g/mol. The molecule has 2 rings (SSSR count). The lowest BCUT2D eigenvalue weighted by Crippen LogP contribution is -2.16. The minimum Gasteiger partial charge on any atom is -0.493 e. The largest absolute Gasteiger partial charge is 0.493 e. The smallest absolute Gasteiger partial charge is 0.328 e. The van der Waals surface area contributed by atoms with E-state index < -0.39 is 5.97 Å². The van der Waals surface area contributed by atoms with Gasteiger partial charge in [-0.1, -0.05) is 44.5 Å². The molecule has 0 atom stereocenters. The van der Waals surface area contributed by atoms with Crippen LogP contribution in [0.1, 0.15) is 37.5 Å². The van der Waals surface area contributed by atoms with E-state index >= 15 is 0 Å². The third-order valence-electron chi connectivity index (χ3n) is 4.15. The number of ether oxygens (including phenoxy) is 3. The summed E-state index contributed by atoms with van der Waals surface area (Å²) < 4.78 is 17.1. The summed E-state index contributed by atoms with van der Waals surface area (Å²) in [6.45, 7) is 9.32. The summed E-state index contributed by atoms with van der Waals surface area (Å²) in [6, 6.07) is 11.5. The number of hydrogen-bond acceptors (Lipinski definition) is 4. The third-order valence-corrected chi connectivity index (χ3v) is 4.15. The first-order valence-corrected chi connectivity index (χ1v) is 9.16. The molecule has 0 amide bonds. The van der Waals surface area contributed by atoms with E-state index in [4.69, 9.17) is 19.3 Å². The van der Waals surface area contributed by atoms with Crippen LogP contribution in [0.5, 0.6) is 17.2 Å². The van der Waals surface area contributed by atoms with Crippen LogP contribution in [0.3, 0.4) is 0 Å². The van der Waals surface area contributed by atoms with Crippen LogP contribution >= 0.6 is 0 Å². The zero-order valence-electron chi connectivity index (χ0n) is 17.1. The zero-order chi connectivity index (χ0) is 20.7. The molecule has 0 saturated heterocycles. The number of aliphatic carboxylic acids is 1. The quantitative estimate of drug-likeness (QED) is 0.520. The first-order valence-electron chi connectivity index (χ1n) is 9.16. The molecule has 0 aliphatic heterocycles. The summed E-state index contributed by atoms with van der Waals surface area (Å²) >= 11 is 0. The van der Waals surface area contributed by atoms with E-state index in [9.17, 15) is 4.79 Å². The molecule has 2 aromatic rings. The minimum absolute atomic E-state index is 0.00920. The average Bonchev–Trinajstić information content (AvgIpc) is 2.64. The van der Waals surface area contributed by atoms with Gasteiger partial charge in [-0.15, -0.1) is 0 Å². The van der Waals surface area contributed by atoms with E-state index in [1.807, 2.05) is 12.1 Å². The van der Waals surface area contributed by atoms with E-state index in [0.29, 0.717) is 24.7 Å². The van der Waals surface area contributed by atoms with Gasteiger partial charge in [-0.05, 0) is 47.7 Å². The Morgan fingerprint density at radius 2 is 1.64 bits per heavy atom. The highest BCUT2D eigenvalue weighted by Gasteiger charge is 2.19. The van der Waals surface area contributed by atoms with Gasteiger partial charge in [0.1, 0.15) is 19.0 Å². The second-order valence-corrected chi connectivity index (χ2v) is 7.53. The Morgan fingerprint density at radius 1 is 1.00 bits per heavy atom. The summed E-state index contributed by atoms with van der Waals surface area (Å²) in [5, 5.41) is 8.72. The number of benzene rings is 2. The molecule has 0 heterocycles. The molecule has 5 nitrogen and oxygen atoms in total. The van der Waals surface area contributed by atoms with Gasteiger partial charge in [0, 0.05) is 6.08 Å². The van der Waals surface area contributed by atoms with Crippen LogP contribution in [0.25, 0.3) is 6.08 Å². The van der Waals surface area contributed by atoms with Crippen LogP contribution < -0.4 is 14.2 Å². The van der Waals surface area contributed by atoms with Gasteiger partial charge in [-0.25, -0.2) is 4.79 Å². The fraction of sp³-hybridized carbons (Fsp3) is 0.348. The predicted octanol–water partition coefficient (Wildman–Crippen LogP) is 4.86. The maximum Gasteiger partial charge on any atom is 0.328 e. The molecule has 5 heteroatoms. The van der Waals surface area contributed by atoms with Gasteiger partial charge in [-0.3, -0.25) is 0 Å². The lowest BCUT2D eigenvalue weighted by Gasteiger charge is -2.23. The highest BCUT2D eigenvalue weighted by molar-refractivity contribution is 5.85. The zero-order valence-corrected chi connectivity index (χ0v) is 17.1. The number of rotatable bonds is 8. The number of methoxy groups -OCH3 is 1. The number of aryl methyl sites for hydroxylation is 1. The van der Waals surface area contributed by atoms with Crippen molar-refractivity contribution in [2.75, 3.05) is 20.3 Å². The van der Waals surface area contributed by atoms with E-state index in [2.05, 4.69) is 33.8 Å². The molecule has 0 saturated carbocycles. The fourth-order valence-corrected chi connectivity index (χ4v) is 2.73. The molecule has 0 fully saturated rings. The first kappa shape index (κ1) is 21.4. The van der Waals surface area contributed by atoms with Crippen molar-refractivity contribution in [1.29, 1.82) is 0 Å². The Balaban J connectivity index is 2.00. The highest BCUT2D eigenvalue weighted by Crippen LogP contribution is 2.32. The summed E-state index contributed by atoms with van der Waals surface area (Å²) in [7, 11) is 1.55. The van der Waals surface area contributed by atoms with Crippen LogP contribution in [0.2, 0.25) is 0 Å². The molecule has 0 radical (unpaired) electrons. The molecule has 28 heavy (non-hydrogen) atoms. The maximum atomic E-state index is 10.6. The molecular formula is C23H28O5. The van der Waals surface area contributed by atoms with E-state index in [-0.39, 0.29) is 5.41 Å². The Bertz CT molecular complexity index is 847. The van der Waals surface area contributed by atoms with Gasteiger partial charge in [0.25, 0.3) is 0 Å². The second kappa shape index (κ2) is 9.31. The molecule has 0 aliphatic rings. The van der Waals surface area contributed by atoms with Crippen molar-refractivity contribution in [3.63, 3.8) is 0 Å². The van der Waals surface area contributed by atoms with Gasteiger partial charge < -0.3 is 19.3 Å². The molecule has 0 spiro atoms. The molecule has 0 aliphatic carbocycles. The number of carboxylic acid groups (broad SMARTS) is 1. The lowest BCUT2D eigenvalue weighted by molar-refractivity contribution is -0.131. The van der Waals surface area contributed by atoms with E-state index in [1.165, 1.54) is 17.2 Å². The molecule has 0 unspecified atom stereocenters. The molecule has 1 N–H and O–H groups in total. The highest BCUT2D eigenvalue weighted by atomic mass is 16.5. The minimum atomic E-state index is -0.998. The van der Waals surface area contributed by atoms with Crippen LogP contribution in [0.15, 0.2) is 42.5 Å². The SMILES string of the molecule is COc1cc(/C=C/C(=O)O)ccc1OCCOc1ccc(C)cc1C(C)(C)C. The van der Waals surface area contributed by atoms with Crippen molar-refractivity contribution in [3.05, 3.63) is 59.2 Å². The van der Waals surface area contributed by atoms with Crippen molar-refractivity contribution >= 4 is 12.0 Å². The van der Waals surface area contributed by atoms with Gasteiger partial charge in [0.05, 0.1) is 7.11 Å². The second-order valence-electron chi connectivity index (χ2n) is 7.53. The van der Waals surface area contributed by atoms with Crippen LogP contribution in [0.4, 0.5) is 0 Å². The Kier molecular flexibility index (Phi) is 7.10. The summed E-state index contributed by atoms with van der Waals surface area (Å²) in [5.74, 6) is 0.988. The molecule has 0 bridgehead atoms. The fourth-order valence-electron chi connectivity index (χ4n) is 2.73. The standard InChI is InChI=1S/C23H28O5/c1-16-6-9-19(18(14-16)23(2,3)4)27-12-13-28-20-10-7-17(8-11-22(24)25)15-21(20)26-5/h6-11,14-15H,12-13H2,1-5H3,(H,24,25)/b11-8+. The maximum absolute atomic E-state index is 10.6.